The summed E-state index contributed by atoms with van der Waals surface area (Å²) in [6, 6.07) is 0. The zero-order valence-electron chi connectivity index (χ0n) is 12.4. The van der Waals surface area contributed by atoms with Gasteiger partial charge in [-0.25, -0.2) is 4.98 Å². The third-order valence-corrected chi connectivity index (χ3v) is 6.67. The highest BCUT2D eigenvalue weighted by Gasteiger charge is 2.39. The lowest BCUT2D eigenvalue weighted by molar-refractivity contribution is 0.102. The molecule has 1 saturated heterocycles. The van der Waals surface area contributed by atoms with Gasteiger partial charge in [0.1, 0.15) is 0 Å². The average molecular weight is 292 g/mol. The van der Waals surface area contributed by atoms with Gasteiger partial charge < -0.3 is 10.0 Å². The van der Waals surface area contributed by atoms with Crippen molar-refractivity contribution in [1.29, 1.82) is 0 Å². The second kappa shape index (κ2) is 4.44. The van der Waals surface area contributed by atoms with E-state index in [4.69, 9.17) is 4.98 Å². The Hall–Kier alpha value is -0.610. The SMILES string of the molecule is CC1(C)Cc2nc(N3CC4CCCC4C3)sc2C(O)C1. The van der Waals surface area contributed by atoms with Crippen LogP contribution in [0.25, 0.3) is 0 Å². The highest BCUT2D eigenvalue weighted by molar-refractivity contribution is 7.15. The van der Waals surface area contributed by atoms with Gasteiger partial charge in [0.15, 0.2) is 5.13 Å². The lowest BCUT2D eigenvalue weighted by Gasteiger charge is -2.31. The molecule has 4 heteroatoms. The van der Waals surface area contributed by atoms with Gasteiger partial charge in [0.2, 0.25) is 0 Å². The third-order valence-electron chi connectivity index (χ3n) is 5.41. The summed E-state index contributed by atoms with van der Waals surface area (Å²) in [4.78, 5) is 8.51. The van der Waals surface area contributed by atoms with Crippen molar-refractivity contribution in [1.82, 2.24) is 4.98 Å². The van der Waals surface area contributed by atoms with Crippen molar-refractivity contribution in [2.24, 2.45) is 17.3 Å². The molecule has 2 fully saturated rings. The van der Waals surface area contributed by atoms with Crippen LogP contribution in [0, 0.1) is 17.3 Å². The van der Waals surface area contributed by atoms with Gasteiger partial charge in [-0.05, 0) is 42.9 Å². The number of hydrogen-bond acceptors (Lipinski definition) is 4. The van der Waals surface area contributed by atoms with Crippen LogP contribution in [0.15, 0.2) is 0 Å². The first-order valence-electron chi connectivity index (χ1n) is 7.94. The summed E-state index contributed by atoms with van der Waals surface area (Å²) < 4.78 is 0. The molecular weight excluding hydrogens is 268 g/mol. The molecule has 4 rings (SSSR count). The maximum absolute atomic E-state index is 10.4. The average Bonchev–Trinajstić information content (AvgIpc) is 2.97. The minimum atomic E-state index is -0.304. The molecule has 0 amide bonds. The Morgan fingerprint density at radius 3 is 2.65 bits per heavy atom. The standard InChI is InChI=1S/C16H24N2OS/c1-16(2)6-12-14(13(19)7-16)20-15(17-12)18-8-10-4-3-5-11(10)9-18/h10-11,13,19H,3-9H2,1-2H3. The molecule has 3 nitrogen and oxygen atoms in total. The zero-order chi connectivity index (χ0) is 13.9. The van der Waals surface area contributed by atoms with Crippen molar-refractivity contribution in [3.8, 4) is 0 Å². The van der Waals surface area contributed by atoms with Crippen LogP contribution < -0.4 is 4.90 Å². The van der Waals surface area contributed by atoms with Crippen molar-refractivity contribution < 1.29 is 5.11 Å². The second-order valence-corrected chi connectivity index (χ2v) is 8.73. The lowest BCUT2D eigenvalue weighted by Crippen LogP contribution is -2.24. The molecule has 2 heterocycles. The number of thiazole rings is 1. The van der Waals surface area contributed by atoms with Crippen molar-refractivity contribution in [3.05, 3.63) is 10.6 Å². The van der Waals surface area contributed by atoms with Crippen LogP contribution in [0.5, 0.6) is 0 Å². The lowest BCUT2D eigenvalue weighted by atomic mass is 9.77. The minimum Gasteiger partial charge on any atom is -0.387 e. The topological polar surface area (TPSA) is 36.4 Å². The number of nitrogens with zero attached hydrogens (tertiary/aromatic N) is 2. The molecule has 110 valence electrons. The predicted molar refractivity (Wildman–Crippen MR) is 82.2 cm³/mol. The van der Waals surface area contributed by atoms with E-state index in [-0.39, 0.29) is 11.5 Å². The van der Waals surface area contributed by atoms with E-state index in [2.05, 4.69) is 18.7 Å². The monoisotopic (exact) mass is 292 g/mol. The normalized spacial score (nSPS) is 35.1. The molecule has 0 bridgehead atoms. The van der Waals surface area contributed by atoms with Crippen LogP contribution in [0.2, 0.25) is 0 Å². The Bertz CT molecular complexity index is 513. The molecule has 0 radical (unpaired) electrons. The fourth-order valence-electron chi connectivity index (χ4n) is 4.41. The zero-order valence-corrected chi connectivity index (χ0v) is 13.2. The first kappa shape index (κ1) is 13.1. The van der Waals surface area contributed by atoms with Crippen LogP contribution in [0.3, 0.4) is 0 Å². The smallest absolute Gasteiger partial charge is 0.185 e. The molecule has 20 heavy (non-hydrogen) atoms. The van der Waals surface area contributed by atoms with Gasteiger partial charge in [0, 0.05) is 13.1 Å². The number of fused-ring (bicyclic) bond motifs is 2. The van der Waals surface area contributed by atoms with Crippen molar-refractivity contribution in [3.63, 3.8) is 0 Å². The highest BCUT2D eigenvalue weighted by atomic mass is 32.1. The van der Waals surface area contributed by atoms with Gasteiger partial charge in [-0.15, -0.1) is 0 Å². The maximum atomic E-state index is 10.4. The van der Waals surface area contributed by atoms with Gasteiger partial charge in [-0.1, -0.05) is 31.6 Å². The number of rotatable bonds is 1. The van der Waals surface area contributed by atoms with E-state index in [0.29, 0.717) is 0 Å². The molecule has 3 atom stereocenters. The van der Waals surface area contributed by atoms with E-state index >= 15 is 0 Å². The first-order valence-corrected chi connectivity index (χ1v) is 8.76. The fraction of sp³-hybridized carbons (Fsp3) is 0.812. The Labute approximate surface area is 125 Å². The molecule has 1 aromatic rings. The number of aromatic nitrogens is 1. The Balaban J connectivity index is 1.59. The first-order chi connectivity index (χ1) is 9.52. The van der Waals surface area contributed by atoms with Crippen molar-refractivity contribution >= 4 is 16.5 Å². The molecule has 3 aliphatic rings. The van der Waals surface area contributed by atoms with Crippen LogP contribution >= 0.6 is 11.3 Å². The van der Waals surface area contributed by atoms with Gasteiger partial charge in [0.25, 0.3) is 0 Å². The summed E-state index contributed by atoms with van der Waals surface area (Å²) in [7, 11) is 0. The van der Waals surface area contributed by atoms with Crippen molar-refractivity contribution in [2.75, 3.05) is 18.0 Å². The van der Waals surface area contributed by atoms with Crippen LogP contribution in [-0.4, -0.2) is 23.2 Å². The summed E-state index contributed by atoms with van der Waals surface area (Å²) in [5, 5.41) is 11.5. The molecule has 1 N–H and O–H groups in total. The van der Waals surface area contributed by atoms with Crippen LogP contribution in [0.4, 0.5) is 5.13 Å². The van der Waals surface area contributed by atoms with Gasteiger partial charge in [-0.3, -0.25) is 0 Å². The predicted octanol–water partition coefficient (Wildman–Crippen LogP) is 3.39. The molecular formula is C16H24N2OS. The Morgan fingerprint density at radius 1 is 1.25 bits per heavy atom. The summed E-state index contributed by atoms with van der Waals surface area (Å²) in [6.45, 7) is 6.85. The highest BCUT2D eigenvalue weighted by Crippen LogP contribution is 2.46. The summed E-state index contributed by atoms with van der Waals surface area (Å²) in [5.74, 6) is 1.80. The van der Waals surface area contributed by atoms with E-state index < -0.39 is 0 Å². The summed E-state index contributed by atoms with van der Waals surface area (Å²) in [6.07, 6.45) is 5.81. The molecule has 0 spiro atoms. The summed E-state index contributed by atoms with van der Waals surface area (Å²) in [5.41, 5.74) is 1.34. The third kappa shape index (κ3) is 2.08. The van der Waals surface area contributed by atoms with E-state index in [1.165, 1.54) is 37.5 Å². The van der Waals surface area contributed by atoms with Gasteiger partial charge >= 0.3 is 0 Å². The molecule has 1 saturated carbocycles. The number of hydrogen-bond donors (Lipinski definition) is 1. The summed E-state index contributed by atoms with van der Waals surface area (Å²) >= 11 is 1.74. The van der Waals surface area contributed by atoms with Crippen LogP contribution in [-0.2, 0) is 6.42 Å². The molecule has 2 aliphatic carbocycles. The van der Waals surface area contributed by atoms with Crippen molar-refractivity contribution in [2.45, 2.75) is 52.1 Å². The molecule has 3 unspecified atom stereocenters. The minimum absolute atomic E-state index is 0.180. The van der Waals surface area contributed by atoms with E-state index in [1.54, 1.807) is 11.3 Å². The van der Waals surface area contributed by atoms with Crippen LogP contribution in [0.1, 0.15) is 56.2 Å². The Kier molecular flexibility index (Phi) is 2.90. The maximum Gasteiger partial charge on any atom is 0.185 e. The fourth-order valence-corrected chi connectivity index (χ4v) is 5.49. The molecule has 0 aromatic carbocycles. The largest absolute Gasteiger partial charge is 0.387 e. The van der Waals surface area contributed by atoms with Gasteiger partial charge in [-0.2, -0.15) is 0 Å². The number of aliphatic hydroxyl groups is 1. The molecule has 1 aliphatic heterocycles. The number of anilines is 1. The Morgan fingerprint density at radius 2 is 1.95 bits per heavy atom. The quantitative estimate of drug-likeness (QED) is 0.862. The van der Waals surface area contributed by atoms with Gasteiger partial charge in [0.05, 0.1) is 16.7 Å². The molecule has 1 aromatic heterocycles. The van der Waals surface area contributed by atoms with E-state index in [9.17, 15) is 5.11 Å². The second-order valence-electron chi connectivity index (χ2n) is 7.72. The number of aliphatic hydroxyl groups excluding tert-OH is 1. The van der Waals surface area contributed by atoms with E-state index in [1.807, 2.05) is 0 Å². The van der Waals surface area contributed by atoms with E-state index in [0.717, 1.165) is 35.2 Å².